The van der Waals surface area contributed by atoms with Crippen molar-refractivity contribution in [2.75, 3.05) is 20.6 Å². The Bertz CT molecular complexity index is 606. The molecule has 20 heavy (non-hydrogen) atoms. The van der Waals surface area contributed by atoms with Gasteiger partial charge in [-0.2, -0.15) is 0 Å². The number of benzene rings is 1. The number of carboxylic acid groups (broad SMARTS) is 1. The van der Waals surface area contributed by atoms with E-state index in [9.17, 15) is 9.90 Å². The molecule has 0 bridgehead atoms. The SMILES string of the molecule is CN(C)C[C@@](N)(CCc1c[nH]c2ccccc12)C(=O)O. The molecular formula is C15H21N3O2. The van der Waals surface area contributed by atoms with E-state index in [1.165, 1.54) is 0 Å². The van der Waals surface area contributed by atoms with Crippen molar-refractivity contribution in [2.45, 2.75) is 18.4 Å². The van der Waals surface area contributed by atoms with Crippen LogP contribution < -0.4 is 5.73 Å². The van der Waals surface area contributed by atoms with E-state index in [1.54, 1.807) is 0 Å². The first-order chi connectivity index (χ1) is 9.42. The Hall–Kier alpha value is -1.85. The van der Waals surface area contributed by atoms with Gasteiger partial charge < -0.3 is 20.7 Å². The lowest BCUT2D eigenvalue weighted by atomic mass is 9.91. The molecule has 0 unspecified atom stereocenters. The number of hydrogen-bond donors (Lipinski definition) is 3. The van der Waals surface area contributed by atoms with Gasteiger partial charge in [-0.15, -0.1) is 0 Å². The van der Waals surface area contributed by atoms with Crippen LogP contribution in [0.25, 0.3) is 10.9 Å². The van der Waals surface area contributed by atoms with Gasteiger partial charge in [0.05, 0.1) is 0 Å². The molecule has 108 valence electrons. The molecule has 1 aromatic carbocycles. The third-order valence-electron chi connectivity index (χ3n) is 3.54. The minimum absolute atomic E-state index is 0.324. The van der Waals surface area contributed by atoms with Gasteiger partial charge in [-0.25, -0.2) is 0 Å². The van der Waals surface area contributed by atoms with E-state index >= 15 is 0 Å². The highest BCUT2D eigenvalue weighted by atomic mass is 16.4. The van der Waals surface area contributed by atoms with Crippen LogP contribution >= 0.6 is 0 Å². The lowest BCUT2D eigenvalue weighted by Gasteiger charge is -2.27. The van der Waals surface area contributed by atoms with E-state index in [0.29, 0.717) is 19.4 Å². The molecule has 1 aromatic heterocycles. The average molecular weight is 275 g/mol. The van der Waals surface area contributed by atoms with Crippen molar-refractivity contribution in [1.82, 2.24) is 9.88 Å². The minimum atomic E-state index is -1.22. The number of likely N-dealkylation sites (N-methyl/N-ethyl adjacent to an activating group) is 1. The number of carboxylic acids is 1. The van der Waals surface area contributed by atoms with Gasteiger partial charge in [-0.3, -0.25) is 4.79 Å². The van der Waals surface area contributed by atoms with Crippen molar-refractivity contribution in [3.05, 3.63) is 36.0 Å². The maximum Gasteiger partial charge on any atom is 0.325 e. The van der Waals surface area contributed by atoms with Crippen LogP contribution in [-0.4, -0.2) is 47.1 Å². The predicted molar refractivity (Wildman–Crippen MR) is 79.7 cm³/mol. The van der Waals surface area contributed by atoms with Crippen LogP contribution in [-0.2, 0) is 11.2 Å². The fourth-order valence-corrected chi connectivity index (χ4v) is 2.51. The minimum Gasteiger partial charge on any atom is -0.480 e. The molecule has 0 saturated heterocycles. The van der Waals surface area contributed by atoms with Crippen molar-refractivity contribution in [2.24, 2.45) is 5.73 Å². The molecule has 1 heterocycles. The Morgan fingerprint density at radius 3 is 2.75 bits per heavy atom. The molecule has 0 aliphatic rings. The summed E-state index contributed by atoms with van der Waals surface area (Å²) in [5, 5.41) is 10.5. The molecule has 0 aliphatic heterocycles. The summed E-state index contributed by atoms with van der Waals surface area (Å²) in [7, 11) is 3.66. The molecule has 5 heteroatoms. The summed E-state index contributed by atoms with van der Waals surface area (Å²) in [5.74, 6) is -0.953. The molecule has 0 radical (unpaired) electrons. The second kappa shape index (κ2) is 5.64. The lowest BCUT2D eigenvalue weighted by molar-refractivity contribution is -0.144. The standard InChI is InChI=1S/C15H21N3O2/c1-18(2)10-15(16,14(19)20)8-7-11-9-17-13-6-4-3-5-12(11)13/h3-6,9,17H,7-8,10,16H2,1-2H3,(H,19,20)/t15-/m0/s1. The van der Waals surface area contributed by atoms with E-state index in [0.717, 1.165) is 16.5 Å². The van der Waals surface area contributed by atoms with Crippen LogP contribution in [0.1, 0.15) is 12.0 Å². The van der Waals surface area contributed by atoms with Crippen molar-refractivity contribution >= 4 is 16.9 Å². The monoisotopic (exact) mass is 275 g/mol. The number of aliphatic carboxylic acids is 1. The van der Waals surface area contributed by atoms with Gasteiger partial charge in [0.25, 0.3) is 0 Å². The number of rotatable bonds is 6. The number of hydrogen-bond acceptors (Lipinski definition) is 3. The first-order valence-corrected chi connectivity index (χ1v) is 6.64. The van der Waals surface area contributed by atoms with Gasteiger partial charge in [-0.05, 0) is 38.6 Å². The van der Waals surface area contributed by atoms with Crippen molar-refractivity contribution < 1.29 is 9.90 Å². The highest BCUT2D eigenvalue weighted by Gasteiger charge is 2.34. The van der Waals surface area contributed by atoms with Crippen LogP contribution in [0.4, 0.5) is 0 Å². The van der Waals surface area contributed by atoms with Gasteiger partial charge >= 0.3 is 5.97 Å². The quantitative estimate of drug-likeness (QED) is 0.745. The molecule has 2 rings (SSSR count). The molecule has 0 spiro atoms. The summed E-state index contributed by atoms with van der Waals surface area (Å²) >= 11 is 0. The predicted octanol–water partition coefficient (Wildman–Crippen LogP) is 1.44. The second-order valence-corrected chi connectivity index (χ2v) is 5.56. The van der Waals surface area contributed by atoms with Gasteiger partial charge in [-0.1, -0.05) is 18.2 Å². The fourth-order valence-electron chi connectivity index (χ4n) is 2.51. The Morgan fingerprint density at radius 2 is 2.10 bits per heavy atom. The van der Waals surface area contributed by atoms with Crippen molar-refractivity contribution in [1.29, 1.82) is 0 Å². The number of carbonyl (C=O) groups is 1. The summed E-state index contributed by atoms with van der Waals surface area (Å²) in [6.45, 7) is 0.324. The van der Waals surface area contributed by atoms with Crippen LogP contribution in [0.5, 0.6) is 0 Å². The Morgan fingerprint density at radius 1 is 1.40 bits per heavy atom. The maximum atomic E-state index is 11.4. The molecule has 1 atom stereocenters. The van der Waals surface area contributed by atoms with Crippen LogP contribution in [0.3, 0.4) is 0 Å². The number of H-pyrrole nitrogens is 1. The van der Waals surface area contributed by atoms with Crippen LogP contribution in [0.15, 0.2) is 30.5 Å². The largest absolute Gasteiger partial charge is 0.480 e. The summed E-state index contributed by atoms with van der Waals surface area (Å²) in [6, 6.07) is 7.99. The number of aryl methyl sites for hydroxylation is 1. The first-order valence-electron chi connectivity index (χ1n) is 6.64. The molecule has 0 aliphatic carbocycles. The molecule has 5 nitrogen and oxygen atoms in total. The zero-order valence-corrected chi connectivity index (χ0v) is 11.9. The molecule has 0 fully saturated rings. The van der Waals surface area contributed by atoms with E-state index in [-0.39, 0.29) is 0 Å². The summed E-state index contributed by atoms with van der Waals surface area (Å²) in [4.78, 5) is 16.4. The number of nitrogens with zero attached hydrogens (tertiary/aromatic N) is 1. The highest BCUT2D eigenvalue weighted by Crippen LogP contribution is 2.21. The smallest absolute Gasteiger partial charge is 0.325 e. The van der Waals surface area contributed by atoms with Gasteiger partial charge in [0.15, 0.2) is 0 Å². The zero-order chi connectivity index (χ0) is 14.8. The van der Waals surface area contributed by atoms with Crippen LogP contribution in [0.2, 0.25) is 0 Å². The number of aromatic nitrogens is 1. The van der Waals surface area contributed by atoms with Crippen molar-refractivity contribution in [3.63, 3.8) is 0 Å². The number of aromatic amines is 1. The molecule has 2 aromatic rings. The highest BCUT2D eigenvalue weighted by molar-refractivity contribution is 5.83. The third kappa shape index (κ3) is 3.00. The maximum absolute atomic E-state index is 11.4. The summed E-state index contributed by atoms with van der Waals surface area (Å²) in [6.07, 6.45) is 2.98. The van der Waals surface area contributed by atoms with Crippen molar-refractivity contribution in [3.8, 4) is 0 Å². The van der Waals surface area contributed by atoms with Crippen LogP contribution in [0, 0.1) is 0 Å². The normalized spacial score (nSPS) is 14.6. The summed E-state index contributed by atoms with van der Waals surface area (Å²) < 4.78 is 0. The molecule has 4 N–H and O–H groups in total. The molecular weight excluding hydrogens is 254 g/mol. The fraction of sp³-hybridized carbons (Fsp3) is 0.400. The molecule has 0 saturated carbocycles. The average Bonchev–Trinajstić information content (AvgIpc) is 2.78. The number of para-hydroxylation sites is 1. The van der Waals surface area contributed by atoms with Gasteiger partial charge in [0.2, 0.25) is 0 Å². The van der Waals surface area contributed by atoms with E-state index in [4.69, 9.17) is 5.73 Å². The number of fused-ring (bicyclic) bond motifs is 1. The Balaban J connectivity index is 2.15. The lowest BCUT2D eigenvalue weighted by Crippen LogP contribution is -2.55. The molecule has 0 amide bonds. The number of nitrogens with one attached hydrogen (secondary N) is 1. The van der Waals surface area contributed by atoms with E-state index in [1.807, 2.05) is 49.5 Å². The third-order valence-corrected chi connectivity index (χ3v) is 3.54. The van der Waals surface area contributed by atoms with E-state index in [2.05, 4.69) is 4.98 Å². The topological polar surface area (TPSA) is 82.3 Å². The Kier molecular flexibility index (Phi) is 4.11. The first kappa shape index (κ1) is 14.6. The second-order valence-electron chi connectivity index (χ2n) is 5.56. The number of nitrogens with two attached hydrogens (primary N) is 1. The zero-order valence-electron chi connectivity index (χ0n) is 11.9. The van der Waals surface area contributed by atoms with Gasteiger partial charge in [0, 0.05) is 23.6 Å². The van der Waals surface area contributed by atoms with Gasteiger partial charge in [0.1, 0.15) is 5.54 Å². The van der Waals surface area contributed by atoms with E-state index < -0.39 is 11.5 Å². The Labute approximate surface area is 118 Å². The summed E-state index contributed by atoms with van der Waals surface area (Å²) in [5.41, 5.74) is 7.00.